The Labute approximate surface area is 176 Å². The van der Waals surface area contributed by atoms with Crippen molar-refractivity contribution < 1.29 is 23.9 Å². The fourth-order valence-corrected chi connectivity index (χ4v) is 2.96. The first-order chi connectivity index (χ1) is 14.8. The Morgan fingerprint density at radius 3 is 2.39 bits per heavy atom. The summed E-state index contributed by atoms with van der Waals surface area (Å²) in [7, 11) is 0. The third-order valence-corrected chi connectivity index (χ3v) is 4.36. The SMILES string of the molecule is CCC(=O)NNC(=O)c1c(-c2cccc(C)c2)c(-c2ccc(F)cc2)nn1NC(=O)O. The van der Waals surface area contributed by atoms with Crippen molar-refractivity contribution in [1.82, 2.24) is 20.7 Å². The molecule has 0 saturated heterocycles. The fourth-order valence-electron chi connectivity index (χ4n) is 2.96. The topological polar surface area (TPSA) is 125 Å². The van der Waals surface area contributed by atoms with Crippen molar-refractivity contribution in [3.63, 3.8) is 0 Å². The van der Waals surface area contributed by atoms with Crippen molar-refractivity contribution in [2.45, 2.75) is 20.3 Å². The van der Waals surface area contributed by atoms with E-state index in [1.54, 1.807) is 25.1 Å². The molecular formula is C21H20FN5O4. The van der Waals surface area contributed by atoms with Gasteiger partial charge in [0, 0.05) is 17.5 Å². The van der Waals surface area contributed by atoms with Gasteiger partial charge in [-0.3, -0.25) is 20.4 Å². The van der Waals surface area contributed by atoms with Crippen LogP contribution in [0.2, 0.25) is 0 Å². The number of amides is 3. The molecule has 0 fully saturated rings. The highest BCUT2D eigenvalue weighted by Crippen LogP contribution is 2.35. The first kappa shape index (κ1) is 21.5. The number of carboxylic acid groups (broad SMARTS) is 1. The van der Waals surface area contributed by atoms with Gasteiger partial charge in [-0.05, 0) is 36.8 Å². The summed E-state index contributed by atoms with van der Waals surface area (Å²) in [4.78, 5) is 36.7. The molecule has 0 aliphatic carbocycles. The number of hydrazine groups is 1. The van der Waals surface area contributed by atoms with Gasteiger partial charge in [0.15, 0.2) is 5.69 Å². The van der Waals surface area contributed by atoms with Crippen LogP contribution in [0.4, 0.5) is 9.18 Å². The molecule has 3 amide bonds. The van der Waals surface area contributed by atoms with E-state index in [0.717, 1.165) is 10.4 Å². The van der Waals surface area contributed by atoms with Crippen molar-refractivity contribution in [3.8, 4) is 22.4 Å². The maximum Gasteiger partial charge on any atom is 0.425 e. The fraction of sp³-hybridized carbons (Fsp3) is 0.143. The third-order valence-electron chi connectivity index (χ3n) is 4.36. The number of aromatic nitrogens is 2. The van der Waals surface area contributed by atoms with E-state index in [0.29, 0.717) is 16.7 Å². The lowest BCUT2D eigenvalue weighted by Gasteiger charge is -2.11. The third kappa shape index (κ3) is 4.86. The van der Waals surface area contributed by atoms with Crippen LogP contribution in [0.5, 0.6) is 0 Å². The molecule has 3 aromatic rings. The molecule has 1 heterocycles. The van der Waals surface area contributed by atoms with E-state index in [1.807, 2.05) is 13.0 Å². The Bertz CT molecular complexity index is 1140. The van der Waals surface area contributed by atoms with E-state index >= 15 is 0 Å². The maximum absolute atomic E-state index is 13.5. The summed E-state index contributed by atoms with van der Waals surface area (Å²) in [5, 5.41) is 13.5. The van der Waals surface area contributed by atoms with Crippen LogP contribution in [0.15, 0.2) is 48.5 Å². The number of nitrogens with zero attached hydrogens (tertiary/aromatic N) is 2. The first-order valence-corrected chi connectivity index (χ1v) is 9.35. The zero-order valence-corrected chi connectivity index (χ0v) is 16.8. The largest absolute Gasteiger partial charge is 0.464 e. The molecule has 0 bridgehead atoms. The van der Waals surface area contributed by atoms with Gasteiger partial charge < -0.3 is 5.11 Å². The summed E-state index contributed by atoms with van der Waals surface area (Å²) >= 11 is 0. The van der Waals surface area contributed by atoms with Gasteiger partial charge in [-0.25, -0.2) is 14.6 Å². The van der Waals surface area contributed by atoms with Crippen molar-refractivity contribution in [2.75, 3.05) is 5.43 Å². The molecule has 0 aliphatic heterocycles. The van der Waals surface area contributed by atoms with E-state index in [2.05, 4.69) is 21.4 Å². The Morgan fingerprint density at radius 1 is 1.06 bits per heavy atom. The summed E-state index contributed by atoms with van der Waals surface area (Å²) in [6, 6.07) is 12.6. The first-order valence-electron chi connectivity index (χ1n) is 9.35. The number of carbonyl (C=O) groups is 3. The second-order valence-electron chi connectivity index (χ2n) is 6.63. The smallest absolute Gasteiger partial charge is 0.425 e. The van der Waals surface area contributed by atoms with E-state index < -0.39 is 23.7 Å². The number of benzene rings is 2. The molecule has 0 atom stereocenters. The van der Waals surface area contributed by atoms with Crippen LogP contribution < -0.4 is 16.3 Å². The Balaban J connectivity index is 2.24. The Hall–Kier alpha value is -4.21. The minimum atomic E-state index is -1.45. The molecular weight excluding hydrogens is 405 g/mol. The predicted molar refractivity (Wildman–Crippen MR) is 111 cm³/mol. The van der Waals surface area contributed by atoms with Crippen LogP contribution in [0.25, 0.3) is 22.4 Å². The molecule has 0 aliphatic rings. The van der Waals surface area contributed by atoms with Gasteiger partial charge in [0.1, 0.15) is 11.5 Å². The molecule has 4 N–H and O–H groups in total. The molecule has 0 spiro atoms. The van der Waals surface area contributed by atoms with E-state index in [-0.39, 0.29) is 17.8 Å². The van der Waals surface area contributed by atoms with Gasteiger partial charge in [0.2, 0.25) is 5.91 Å². The predicted octanol–water partition coefficient (Wildman–Crippen LogP) is 3.06. The molecule has 31 heavy (non-hydrogen) atoms. The summed E-state index contributed by atoms with van der Waals surface area (Å²) in [6.45, 7) is 3.48. The standard InChI is InChI=1S/C21H20FN5O4/c1-3-16(28)23-24-20(29)19-17(14-6-4-5-12(2)11-14)18(25-27(19)26-21(30)31)13-7-9-15(22)10-8-13/h4-11,26H,3H2,1-2H3,(H,23,28)(H,24,29)(H,30,31). The van der Waals surface area contributed by atoms with Crippen LogP contribution in [0.1, 0.15) is 29.4 Å². The van der Waals surface area contributed by atoms with Crippen LogP contribution in [0, 0.1) is 12.7 Å². The van der Waals surface area contributed by atoms with Crippen molar-refractivity contribution in [2.24, 2.45) is 0 Å². The normalized spacial score (nSPS) is 10.4. The van der Waals surface area contributed by atoms with Gasteiger partial charge in [0.25, 0.3) is 5.91 Å². The Morgan fingerprint density at radius 2 is 1.77 bits per heavy atom. The summed E-state index contributed by atoms with van der Waals surface area (Å²) < 4.78 is 13.5. The van der Waals surface area contributed by atoms with E-state index in [9.17, 15) is 23.9 Å². The zero-order chi connectivity index (χ0) is 22.5. The number of halogens is 1. The number of rotatable bonds is 5. The number of carbonyl (C=O) groups excluding carboxylic acids is 2. The summed E-state index contributed by atoms with van der Waals surface area (Å²) in [5.41, 5.74) is 8.95. The minimum absolute atomic E-state index is 0.137. The minimum Gasteiger partial charge on any atom is -0.464 e. The second kappa shape index (κ2) is 9.08. The molecule has 0 saturated carbocycles. The summed E-state index contributed by atoms with van der Waals surface area (Å²) in [5.74, 6) is -1.67. The molecule has 160 valence electrons. The highest BCUT2D eigenvalue weighted by atomic mass is 19.1. The van der Waals surface area contributed by atoms with E-state index in [1.165, 1.54) is 24.3 Å². The summed E-state index contributed by atoms with van der Waals surface area (Å²) in [6.07, 6.45) is -1.31. The van der Waals surface area contributed by atoms with Gasteiger partial charge in [-0.1, -0.05) is 36.8 Å². The Kier molecular flexibility index (Phi) is 6.29. The number of hydrogen-bond acceptors (Lipinski definition) is 4. The van der Waals surface area contributed by atoms with Crippen LogP contribution in [-0.4, -0.2) is 32.9 Å². The van der Waals surface area contributed by atoms with Gasteiger partial charge in [0.05, 0.1) is 0 Å². The monoisotopic (exact) mass is 425 g/mol. The lowest BCUT2D eigenvalue weighted by Crippen LogP contribution is -2.43. The highest BCUT2D eigenvalue weighted by molar-refractivity contribution is 6.04. The average molecular weight is 425 g/mol. The second-order valence-corrected chi connectivity index (χ2v) is 6.63. The number of nitrogens with one attached hydrogen (secondary N) is 3. The highest BCUT2D eigenvalue weighted by Gasteiger charge is 2.27. The number of aryl methyl sites for hydroxylation is 1. The molecule has 0 unspecified atom stereocenters. The molecule has 2 aromatic carbocycles. The molecule has 1 aromatic heterocycles. The maximum atomic E-state index is 13.5. The quantitative estimate of drug-likeness (QED) is 0.468. The average Bonchev–Trinajstić information content (AvgIpc) is 3.10. The van der Waals surface area contributed by atoms with Gasteiger partial charge >= 0.3 is 6.09 Å². The lowest BCUT2D eigenvalue weighted by molar-refractivity contribution is -0.121. The van der Waals surface area contributed by atoms with Gasteiger partial charge in [-0.15, -0.1) is 0 Å². The van der Waals surface area contributed by atoms with Crippen LogP contribution in [-0.2, 0) is 4.79 Å². The molecule has 9 nitrogen and oxygen atoms in total. The van der Waals surface area contributed by atoms with Crippen molar-refractivity contribution in [1.29, 1.82) is 0 Å². The van der Waals surface area contributed by atoms with Crippen LogP contribution >= 0.6 is 0 Å². The lowest BCUT2D eigenvalue weighted by atomic mass is 9.97. The van der Waals surface area contributed by atoms with Crippen molar-refractivity contribution >= 4 is 17.9 Å². The number of hydrogen-bond donors (Lipinski definition) is 4. The van der Waals surface area contributed by atoms with Crippen LogP contribution in [0.3, 0.4) is 0 Å². The molecule has 10 heteroatoms. The molecule has 3 rings (SSSR count). The zero-order valence-electron chi connectivity index (χ0n) is 16.8. The molecule has 0 radical (unpaired) electrons. The van der Waals surface area contributed by atoms with E-state index in [4.69, 9.17) is 0 Å². The van der Waals surface area contributed by atoms with Crippen molar-refractivity contribution in [3.05, 3.63) is 65.6 Å². The van der Waals surface area contributed by atoms with Gasteiger partial charge in [-0.2, -0.15) is 9.89 Å².